The predicted octanol–water partition coefficient (Wildman–Crippen LogP) is 1.94. The van der Waals surface area contributed by atoms with E-state index in [2.05, 4.69) is 9.88 Å². The van der Waals surface area contributed by atoms with Gasteiger partial charge in [-0.05, 0) is 69.0 Å². The minimum atomic E-state index is -4.11. The largest absolute Gasteiger partial charge is 0.464 e. The predicted molar refractivity (Wildman–Crippen MR) is 142 cm³/mol. The van der Waals surface area contributed by atoms with Crippen molar-refractivity contribution in [3.8, 4) is 0 Å². The molecule has 11 nitrogen and oxygen atoms in total. The van der Waals surface area contributed by atoms with Crippen LogP contribution in [0.4, 0.5) is 5.69 Å². The summed E-state index contributed by atoms with van der Waals surface area (Å²) in [5.41, 5.74) is 1.31. The summed E-state index contributed by atoms with van der Waals surface area (Å²) in [5.74, 6) is -1.46. The zero-order valence-electron chi connectivity index (χ0n) is 22.2. The van der Waals surface area contributed by atoms with E-state index in [9.17, 15) is 22.8 Å². The Balaban J connectivity index is 1.46. The van der Waals surface area contributed by atoms with Gasteiger partial charge in [-0.25, -0.2) is 18.0 Å². The van der Waals surface area contributed by atoms with Crippen LogP contribution in [0.5, 0.6) is 0 Å². The van der Waals surface area contributed by atoms with E-state index in [1.807, 2.05) is 12.1 Å². The number of anilines is 1. The number of pyridine rings is 1. The monoisotopic (exact) mass is 558 g/mol. The van der Waals surface area contributed by atoms with Crippen molar-refractivity contribution >= 4 is 33.6 Å². The normalized spacial score (nSPS) is 19.1. The molecule has 39 heavy (non-hydrogen) atoms. The van der Waals surface area contributed by atoms with Crippen LogP contribution < -0.4 is 4.90 Å². The fourth-order valence-corrected chi connectivity index (χ4v) is 6.35. The minimum Gasteiger partial charge on any atom is -0.464 e. The smallest absolute Gasteiger partial charge is 0.338 e. The van der Waals surface area contributed by atoms with Crippen LogP contribution in [0.15, 0.2) is 53.7 Å². The Hall–Kier alpha value is -3.51. The molecule has 210 valence electrons. The quantitative estimate of drug-likeness (QED) is 0.424. The lowest BCUT2D eigenvalue weighted by Gasteiger charge is -2.42. The van der Waals surface area contributed by atoms with Crippen molar-refractivity contribution in [3.05, 3.63) is 54.4 Å². The Morgan fingerprint density at radius 1 is 0.974 bits per heavy atom. The standard InChI is InChI=1S/C27H34N4O7S/c1-3-37-26(33)21-5-7-23(8-6-21)39(35,36)30-18-24(27(34)38-4-2)31(25(32)19-30)17-20-11-15-29(16-12-20)22-9-13-28-14-10-22/h5-10,13-14,20,24H,3-4,11-12,15-19H2,1-2H3/t24-/m1/s1. The van der Waals surface area contributed by atoms with Gasteiger partial charge in [-0.1, -0.05) is 0 Å². The van der Waals surface area contributed by atoms with Crippen LogP contribution >= 0.6 is 0 Å². The average molecular weight is 559 g/mol. The fourth-order valence-electron chi connectivity index (χ4n) is 4.96. The number of carbonyl (C=O) groups is 3. The van der Waals surface area contributed by atoms with Gasteiger partial charge < -0.3 is 19.3 Å². The molecule has 2 fully saturated rings. The summed E-state index contributed by atoms with van der Waals surface area (Å²) >= 11 is 0. The van der Waals surface area contributed by atoms with Crippen LogP contribution in [0.1, 0.15) is 37.0 Å². The van der Waals surface area contributed by atoms with Crippen LogP contribution in [0.3, 0.4) is 0 Å². The lowest BCUT2D eigenvalue weighted by atomic mass is 9.94. The zero-order valence-corrected chi connectivity index (χ0v) is 23.0. The second-order valence-corrected chi connectivity index (χ2v) is 11.4. The number of amides is 1. The number of sulfonamides is 1. The molecule has 1 atom stereocenters. The van der Waals surface area contributed by atoms with E-state index in [0.29, 0.717) is 6.54 Å². The Bertz CT molecular complexity index is 1260. The molecule has 1 aromatic carbocycles. The van der Waals surface area contributed by atoms with Crippen LogP contribution in [-0.2, 0) is 29.1 Å². The molecule has 0 bridgehead atoms. The number of nitrogens with zero attached hydrogens (tertiary/aromatic N) is 4. The van der Waals surface area contributed by atoms with Gasteiger partial charge in [-0.3, -0.25) is 9.78 Å². The highest BCUT2D eigenvalue weighted by molar-refractivity contribution is 7.89. The van der Waals surface area contributed by atoms with E-state index >= 15 is 0 Å². The SMILES string of the molecule is CCOC(=O)c1ccc(S(=O)(=O)N2CC(=O)N(CC3CCN(c4ccncc4)CC3)[C@@H](C(=O)OCC)C2)cc1. The molecule has 2 aliphatic rings. The number of carbonyl (C=O) groups excluding carboxylic acids is 3. The Labute approximate surface area is 228 Å². The van der Waals surface area contributed by atoms with E-state index in [1.54, 1.807) is 26.2 Å². The molecule has 0 radical (unpaired) electrons. The molecule has 2 aliphatic heterocycles. The summed E-state index contributed by atoms with van der Waals surface area (Å²) < 4.78 is 38.0. The van der Waals surface area contributed by atoms with E-state index in [-0.39, 0.29) is 42.7 Å². The molecule has 0 aliphatic carbocycles. The molecule has 4 rings (SSSR count). The number of piperidine rings is 1. The highest BCUT2D eigenvalue weighted by Gasteiger charge is 2.43. The number of benzene rings is 1. The molecular formula is C27H34N4O7S. The van der Waals surface area contributed by atoms with E-state index in [1.165, 1.54) is 29.2 Å². The van der Waals surface area contributed by atoms with Crippen LogP contribution in [0.2, 0.25) is 0 Å². The third-order valence-electron chi connectivity index (χ3n) is 7.04. The molecule has 1 amide bonds. The van der Waals surface area contributed by atoms with Crippen molar-refractivity contribution in [2.24, 2.45) is 5.92 Å². The summed E-state index contributed by atoms with van der Waals surface area (Å²) in [6, 6.07) is 8.21. The molecule has 12 heteroatoms. The summed E-state index contributed by atoms with van der Waals surface area (Å²) in [6.45, 7) is 5.05. The highest BCUT2D eigenvalue weighted by atomic mass is 32.2. The number of ether oxygens (including phenoxy) is 2. The first-order valence-electron chi connectivity index (χ1n) is 13.1. The van der Waals surface area contributed by atoms with Crippen molar-refractivity contribution in [1.82, 2.24) is 14.2 Å². The van der Waals surface area contributed by atoms with Crippen molar-refractivity contribution in [1.29, 1.82) is 0 Å². The van der Waals surface area contributed by atoms with Gasteiger partial charge in [0, 0.05) is 44.3 Å². The lowest BCUT2D eigenvalue weighted by Crippen LogP contribution is -2.61. The molecular weight excluding hydrogens is 524 g/mol. The van der Waals surface area contributed by atoms with Gasteiger partial charge in [-0.15, -0.1) is 0 Å². The van der Waals surface area contributed by atoms with Gasteiger partial charge >= 0.3 is 11.9 Å². The number of esters is 2. The Morgan fingerprint density at radius 3 is 2.23 bits per heavy atom. The molecule has 1 aromatic heterocycles. The minimum absolute atomic E-state index is 0.0807. The lowest BCUT2D eigenvalue weighted by molar-refractivity contribution is -0.158. The summed E-state index contributed by atoms with van der Waals surface area (Å²) in [5, 5.41) is 0. The third-order valence-corrected chi connectivity index (χ3v) is 8.87. The van der Waals surface area contributed by atoms with Gasteiger partial charge in [0.2, 0.25) is 15.9 Å². The topological polar surface area (TPSA) is 126 Å². The fraction of sp³-hybridized carbons (Fsp3) is 0.481. The maximum Gasteiger partial charge on any atom is 0.338 e. The van der Waals surface area contributed by atoms with Crippen LogP contribution in [0, 0.1) is 5.92 Å². The highest BCUT2D eigenvalue weighted by Crippen LogP contribution is 2.27. The summed E-state index contributed by atoms with van der Waals surface area (Å²) in [7, 11) is -4.11. The third kappa shape index (κ3) is 6.56. The summed E-state index contributed by atoms with van der Waals surface area (Å²) in [6.07, 6.45) is 5.17. The number of hydrogen-bond acceptors (Lipinski definition) is 9. The van der Waals surface area contributed by atoms with Gasteiger partial charge in [0.25, 0.3) is 0 Å². The van der Waals surface area contributed by atoms with E-state index in [4.69, 9.17) is 9.47 Å². The molecule has 0 spiro atoms. The number of hydrogen-bond donors (Lipinski definition) is 0. The van der Waals surface area contributed by atoms with Crippen LogP contribution in [-0.4, -0.2) is 92.4 Å². The van der Waals surface area contributed by atoms with Gasteiger partial charge in [-0.2, -0.15) is 4.31 Å². The first-order chi connectivity index (χ1) is 18.7. The van der Waals surface area contributed by atoms with Gasteiger partial charge in [0.1, 0.15) is 6.04 Å². The van der Waals surface area contributed by atoms with Gasteiger partial charge in [0.05, 0.1) is 30.2 Å². The zero-order chi connectivity index (χ0) is 28.0. The van der Waals surface area contributed by atoms with Gasteiger partial charge in [0.15, 0.2) is 0 Å². The molecule has 0 saturated carbocycles. The molecule has 0 N–H and O–H groups in total. The maximum absolute atomic E-state index is 13.4. The first-order valence-corrected chi connectivity index (χ1v) is 14.6. The second-order valence-electron chi connectivity index (χ2n) is 9.49. The number of aromatic nitrogens is 1. The Kier molecular flexibility index (Phi) is 9.18. The van der Waals surface area contributed by atoms with Crippen molar-refractivity contribution < 1.29 is 32.3 Å². The van der Waals surface area contributed by atoms with E-state index in [0.717, 1.165) is 35.9 Å². The maximum atomic E-state index is 13.4. The van der Waals surface area contributed by atoms with Crippen molar-refractivity contribution in [2.45, 2.75) is 37.6 Å². The van der Waals surface area contributed by atoms with Crippen molar-refractivity contribution in [2.75, 3.05) is 50.8 Å². The number of piperazine rings is 1. The Morgan fingerprint density at radius 2 is 1.62 bits per heavy atom. The second kappa shape index (κ2) is 12.6. The van der Waals surface area contributed by atoms with Crippen molar-refractivity contribution in [3.63, 3.8) is 0 Å². The number of rotatable bonds is 9. The van der Waals surface area contributed by atoms with E-state index < -0.39 is 33.9 Å². The molecule has 2 saturated heterocycles. The molecule has 2 aromatic rings. The molecule has 3 heterocycles. The summed E-state index contributed by atoms with van der Waals surface area (Å²) in [4.78, 5) is 45.9. The molecule has 0 unspecified atom stereocenters. The average Bonchev–Trinajstić information content (AvgIpc) is 2.95. The first kappa shape index (κ1) is 28.5. The van der Waals surface area contributed by atoms with Crippen LogP contribution in [0.25, 0.3) is 0 Å².